The van der Waals surface area contributed by atoms with Crippen molar-refractivity contribution in [2.45, 2.75) is 27.3 Å². The van der Waals surface area contributed by atoms with Crippen LogP contribution in [0.15, 0.2) is 6.07 Å². The van der Waals surface area contributed by atoms with Crippen LogP contribution in [0.4, 0.5) is 0 Å². The standard InChI is InChI=1S/C13H22N2O2S/c1-4-15(5-2)7-6-14-9-11-8-12(13(16)17)18-10(11)3/h8,14H,4-7,9H2,1-3H3,(H,16,17). The maximum absolute atomic E-state index is 10.8. The lowest BCUT2D eigenvalue weighted by atomic mass is 10.2. The summed E-state index contributed by atoms with van der Waals surface area (Å²) in [6, 6.07) is 1.77. The molecule has 0 bridgehead atoms. The summed E-state index contributed by atoms with van der Waals surface area (Å²) >= 11 is 1.35. The molecule has 1 aromatic rings. The van der Waals surface area contributed by atoms with Gasteiger partial charge < -0.3 is 15.3 Å². The number of nitrogens with one attached hydrogen (secondary N) is 1. The van der Waals surface area contributed by atoms with E-state index in [0.717, 1.165) is 43.2 Å². The summed E-state index contributed by atoms with van der Waals surface area (Å²) in [4.78, 5) is 14.7. The Bertz CT molecular complexity index is 386. The van der Waals surface area contributed by atoms with Crippen molar-refractivity contribution >= 4 is 17.3 Å². The van der Waals surface area contributed by atoms with Gasteiger partial charge in [0.1, 0.15) is 4.88 Å². The second-order valence-electron chi connectivity index (χ2n) is 4.20. The topological polar surface area (TPSA) is 52.6 Å². The Morgan fingerprint density at radius 1 is 1.44 bits per heavy atom. The Morgan fingerprint density at radius 3 is 2.61 bits per heavy atom. The average Bonchev–Trinajstić information content (AvgIpc) is 2.71. The summed E-state index contributed by atoms with van der Waals surface area (Å²) in [6.07, 6.45) is 0. The lowest BCUT2D eigenvalue weighted by molar-refractivity contribution is 0.0702. The summed E-state index contributed by atoms with van der Waals surface area (Å²) in [6.45, 7) is 11.1. The maximum Gasteiger partial charge on any atom is 0.345 e. The number of carboxylic acids is 1. The molecule has 0 aliphatic carbocycles. The Hall–Kier alpha value is -0.910. The van der Waals surface area contributed by atoms with Crippen molar-refractivity contribution < 1.29 is 9.90 Å². The van der Waals surface area contributed by atoms with Gasteiger partial charge in [0, 0.05) is 24.5 Å². The zero-order chi connectivity index (χ0) is 13.5. The van der Waals surface area contributed by atoms with Crippen molar-refractivity contribution in [3.63, 3.8) is 0 Å². The fourth-order valence-corrected chi connectivity index (χ4v) is 2.68. The van der Waals surface area contributed by atoms with Crippen LogP contribution in [-0.4, -0.2) is 42.2 Å². The first kappa shape index (κ1) is 15.1. The molecule has 2 N–H and O–H groups in total. The maximum atomic E-state index is 10.8. The molecule has 0 amide bonds. The number of carboxylic acid groups (broad SMARTS) is 1. The lowest BCUT2D eigenvalue weighted by Gasteiger charge is -2.17. The van der Waals surface area contributed by atoms with Gasteiger partial charge in [0.05, 0.1) is 0 Å². The van der Waals surface area contributed by atoms with E-state index in [-0.39, 0.29) is 0 Å². The molecular weight excluding hydrogens is 248 g/mol. The number of hydrogen-bond acceptors (Lipinski definition) is 4. The van der Waals surface area contributed by atoms with Gasteiger partial charge in [0.25, 0.3) is 0 Å². The number of nitrogens with zero attached hydrogens (tertiary/aromatic N) is 1. The third-order valence-electron chi connectivity index (χ3n) is 3.05. The fourth-order valence-electron chi connectivity index (χ4n) is 1.80. The minimum absolute atomic E-state index is 0.424. The summed E-state index contributed by atoms with van der Waals surface area (Å²) in [5.74, 6) is -0.836. The van der Waals surface area contributed by atoms with E-state index in [1.54, 1.807) is 6.07 Å². The summed E-state index contributed by atoms with van der Waals surface area (Å²) in [7, 11) is 0. The van der Waals surface area contributed by atoms with Crippen molar-refractivity contribution in [2.24, 2.45) is 0 Å². The van der Waals surface area contributed by atoms with Crippen LogP contribution in [0.25, 0.3) is 0 Å². The number of likely N-dealkylation sites (N-methyl/N-ethyl adjacent to an activating group) is 1. The van der Waals surface area contributed by atoms with E-state index in [1.165, 1.54) is 11.3 Å². The third-order valence-corrected chi connectivity index (χ3v) is 4.13. The van der Waals surface area contributed by atoms with E-state index in [2.05, 4.69) is 24.1 Å². The van der Waals surface area contributed by atoms with Crippen LogP contribution in [0.1, 0.15) is 34.0 Å². The molecule has 0 spiro atoms. The summed E-state index contributed by atoms with van der Waals surface area (Å²) in [5.41, 5.74) is 1.09. The largest absolute Gasteiger partial charge is 0.477 e. The van der Waals surface area contributed by atoms with Crippen molar-refractivity contribution in [1.82, 2.24) is 10.2 Å². The van der Waals surface area contributed by atoms with Gasteiger partial charge in [0.2, 0.25) is 0 Å². The van der Waals surface area contributed by atoms with Crippen LogP contribution in [0.3, 0.4) is 0 Å². The van der Waals surface area contributed by atoms with Gasteiger partial charge in [0.15, 0.2) is 0 Å². The molecule has 0 aliphatic heterocycles. The molecule has 5 heteroatoms. The molecule has 0 aliphatic rings. The minimum Gasteiger partial charge on any atom is -0.477 e. The van der Waals surface area contributed by atoms with Crippen molar-refractivity contribution in [3.05, 3.63) is 21.4 Å². The monoisotopic (exact) mass is 270 g/mol. The predicted octanol–water partition coefficient (Wildman–Crippen LogP) is 2.19. The Morgan fingerprint density at radius 2 is 2.11 bits per heavy atom. The van der Waals surface area contributed by atoms with Gasteiger partial charge >= 0.3 is 5.97 Å². The van der Waals surface area contributed by atoms with Crippen molar-refractivity contribution in [3.8, 4) is 0 Å². The number of hydrogen-bond donors (Lipinski definition) is 2. The molecule has 0 atom stereocenters. The average molecular weight is 270 g/mol. The van der Waals surface area contributed by atoms with Gasteiger partial charge in [-0.2, -0.15) is 0 Å². The first-order valence-corrected chi connectivity index (χ1v) is 7.15. The zero-order valence-corrected chi connectivity index (χ0v) is 12.1. The Balaban J connectivity index is 2.37. The normalized spacial score (nSPS) is 11.1. The van der Waals surface area contributed by atoms with Gasteiger partial charge in [-0.15, -0.1) is 11.3 Å². The lowest BCUT2D eigenvalue weighted by Crippen LogP contribution is -2.31. The third kappa shape index (κ3) is 4.40. The van der Waals surface area contributed by atoms with E-state index >= 15 is 0 Å². The SMILES string of the molecule is CCN(CC)CCNCc1cc(C(=O)O)sc1C. The number of aromatic carboxylic acids is 1. The predicted molar refractivity (Wildman–Crippen MR) is 75.5 cm³/mol. The van der Waals surface area contributed by atoms with Crippen LogP contribution in [0.5, 0.6) is 0 Å². The van der Waals surface area contributed by atoms with Gasteiger partial charge in [-0.1, -0.05) is 13.8 Å². The number of thiophene rings is 1. The van der Waals surface area contributed by atoms with E-state index in [9.17, 15) is 4.79 Å². The number of carbonyl (C=O) groups is 1. The minimum atomic E-state index is -0.836. The molecule has 0 saturated heterocycles. The molecule has 18 heavy (non-hydrogen) atoms. The van der Waals surface area contributed by atoms with Gasteiger partial charge in [-0.25, -0.2) is 4.79 Å². The van der Waals surface area contributed by atoms with Crippen LogP contribution in [-0.2, 0) is 6.54 Å². The van der Waals surface area contributed by atoms with Crippen molar-refractivity contribution in [1.29, 1.82) is 0 Å². The Labute approximate surface area is 113 Å². The molecule has 1 heterocycles. The van der Waals surface area contributed by atoms with Crippen LogP contribution < -0.4 is 5.32 Å². The molecule has 102 valence electrons. The van der Waals surface area contributed by atoms with Crippen molar-refractivity contribution in [2.75, 3.05) is 26.2 Å². The second kappa shape index (κ2) is 7.51. The number of rotatable bonds is 8. The molecule has 0 fully saturated rings. The number of aryl methyl sites for hydroxylation is 1. The van der Waals surface area contributed by atoms with E-state index in [1.807, 2.05) is 6.92 Å². The molecule has 1 aromatic heterocycles. The molecular formula is C13H22N2O2S. The highest BCUT2D eigenvalue weighted by atomic mass is 32.1. The first-order valence-electron chi connectivity index (χ1n) is 6.34. The summed E-state index contributed by atoms with van der Waals surface area (Å²) < 4.78 is 0. The highest BCUT2D eigenvalue weighted by Gasteiger charge is 2.10. The first-order chi connectivity index (χ1) is 8.58. The highest BCUT2D eigenvalue weighted by Crippen LogP contribution is 2.21. The van der Waals surface area contributed by atoms with E-state index < -0.39 is 5.97 Å². The van der Waals surface area contributed by atoms with Crippen LogP contribution >= 0.6 is 11.3 Å². The van der Waals surface area contributed by atoms with E-state index in [4.69, 9.17) is 5.11 Å². The van der Waals surface area contributed by atoms with Crippen LogP contribution in [0, 0.1) is 6.92 Å². The van der Waals surface area contributed by atoms with Gasteiger partial charge in [-0.05, 0) is 31.6 Å². The molecule has 0 aromatic carbocycles. The van der Waals surface area contributed by atoms with Gasteiger partial charge in [-0.3, -0.25) is 0 Å². The second-order valence-corrected chi connectivity index (χ2v) is 5.46. The smallest absolute Gasteiger partial charge is 0.345 e. The van der Waals surface area contributed by atoms with E-state index in [0.29, 0.717) is 4.88 Å². The molecule has 0 saturated carbocycles. The molecule has 0 unspecified atom stereocenters. The molecule has 4 nitrogen and oxygen atoms in total. The molecule has 0 radical (unpaired) electrons. The Kier molecular flexibility index (Phi) is 6.32. The highest BCUT2D eigenvalue weighted by molar-refractivity contribution is 7.14. The quantitative estimate of drug-likeness (QED) is 0.711. The fraction of sp³-hybridized carbons (Fsp3) is 0.615. The molecule has 1 rings (SSSR count). The summed E-state index contributed by atoms with van der Waals surface area (Å²) in [5, 5.41) is 12.3. The zero-order valence-electron chi connectivity index (χ0n) is 11.3. The van der Waals surface area contributed by atoms with Crippen LogP contribution in [0.2, 0.25) is 0 Å².